The maximum atomic E-state index is 13.0. The fourth-order valence-corrected chi connectivity index (χ4v) is 2.85. The molecule has 0 aliphatic rings. The Morgan fingerprint density at radius 3 is 2.75 bits per heavy atom. The predicted molar refractivity (Wildman–Crippen MR) is 106 cm³/mol. The van der Waals surface area contributed by atoms with Crippen LogP contribution in [0, 0.1) is 6.92 Å². The SMILES string of the molecule is Cc1cc(Cn2cc3c(C(=O)NC[C@H](C)O)nccc3n2)cnc1OCC(F)(F)C(F)F. The number of carbonyl (C=O) groups is 1. The number of hydrogen-bond acceptors (Lipinski definition) is 6. The summed E-state index contributed by atoms with van der Waals surface area (Å²) >= 11 is 0. The van der Waals surface area contributed by atoms with Crippen molar-refractivity contribution in [1.29, 1.82) is 0 Å². The molecule has 3 heterocycles. The molecule has 172 valence electrons. The Bertz CT molecular complexity index is 1100. The number of amides is 1. The van der Waals surface area contributed by atoms with Crippen molar-refractivity contribution in [3.63, 3.8) is 0 Å². The number of aromatic nitrogens is 4. The van der Waals surface area contributed by atoms with Crippen LogP contribution in [0.25, 0.3) is 10.9 Å². The molecule has 8 nitrogen and oxygen atoms in total. The average molecular weight is 455 g/mol. The van der Waals surface area contributed by atoms with Crippen molar-refractivity contribution in [3.8, 4) is 5.88 Å². The molecule has 0 saturated carbocycles. The quantitative estimate of drug-likeness (QED) is 0.481. The summed E-state index contributed by atoms with van der Waals surface area (Å²) < 4.78 is 56.9. The maximum Gasteiger partial charge on any atom is 0.340 e. The lowest BCUT2D eigenvalue weighted by Gasteiger charge is -2.16. The van der Waals surface area contributed by atoms with Crippen LogP contribution in [0.3, 0.4) is 0 Å². The lowest BCUT2D eigenvalue weighted by Crippen LogP contribution is -2.34. The van der Waals surface area contributed by atoms with E-state index in [1.54, 1.807) is 36.9 Å². The average Bonchev–Trinajstić information content (AvgIpc) is 3.13. The Hall–Kier alpha value is -3.28. The first kappa shape index (κ1) is 23.4. The Balaban J connectivity index is 1.74. The smallest absolute Gasteiger partial charge is 0.340 e. The van der Waals surface area contributed by atoms with E-state index in [0.29, 0.717) is 22.0 Å². The van der Waals surface area contributed by atoms with Crippen LogP contribution >= 0.6 is 0 Å². The molecule has 0 fully saturated rings. The number of carbonyl (C=O) groups excluding carboxylic acids is 1. The number of nitrogens with one attached hydrogen (secondary N) is 1. The third-order valence-electron chi connectivity index (χ3n) is 4.41. The molecule has 12 heteroatoms. The molecule has 0 bridgehead atoms. The topological polar surface area (TPSA) is 102 Å². The highest BCUT2D eigenvalue weighted by Gasteiger charge is 2.42. The Labute approximate surface area is 180 Å². The number of fused-ring (bicyclic) bond motifs is 1. The molecular weight excluding hydrogens is 434 g/mol. The number of rotatable bonds is 9. The van der Waals surface area contributed by atoms with Crippen molar-refractivity contribution in [3.05, 3.63) is 47.5 Å². The summed E-state index contributed by atoms with van der Waals surface area (Å²) in [6.45, 7) is 1.94. The van der Waals surface area contributed by atoms with Gasteiger partial charge in [-0.25, -0.2) is 13.8 Å². The van der Waals surface area contributed by atoms with Crippen molar-refractivity contribution in [1.82, 2.24) is 25.1 Å². The molecule has 0 aromatic carbocycles. The van der Waals surface area contributed by atoms with Crippen LogP contribution in [-0.4, -0.2) is 62.4 Å². The van der Waals surface area contributed by atoms with Gasteiger partial charge in [0.1, 0.15) is 5.69 Å². The van der Waals surface area contributed by atoms with Crippen LogP contribution < -0.4 is 10.1 Å². The van der Waals surface area contributed by atoms with Crippen molar-refractivity contribution in [2.24, 2.45) is 0 Å². The summed E-state index contributed by atoms with van der Waals surface area (Å²) in [7, 11) is 0. The molecule has 0 aliphatic heterocycles. The summed E-state index contributed by atoms with van der Waals surface area (Å²) in [5.41, 5.74) is 1.73. The second kappa shape index (κ2) is 9.47. The third-order valence-corrected chi connectivity index (χ3v) is 4.41. The van der Waals surface area contributed by atoms with Crippen molar-refractivity contribution in [2.45, 2.75) is 38.8 Å². The lowest BCUT2D eigenvalue weighted by molar-refractivity contribution is -0.148. The van der Waals surface area contributed by atoms with Gasteiger partial charge in [0.25, 0.3) is 5.91 Å². The first-order valence-electron chi connectivity index (χ1n) is 9.59. The highest BCUT2D eigenvalue weighted by atomic mass is 19.3. The van der Waals surface area contributed by atoms with E-state index in [2.05, 4.69) is 20.4 Å². The molecule has 1 atom stereocenters. The molecule has 0 unspecified atom stereocenters. The molecule has 0 saturated heterocycles. The molecule has 32 heavy (non-hydrogen) atoms. The minimum atomic E-state index is -4.27. The highest BCUT2D eigenvalue weighted by molar-refractivity contribution is 6.04. The van der Waals surface area contributed by atoms with Crippen LogP contribution in [-0.2, 0) is 6.54 Å². The van der Waals surface area contributed by atoms with Crippen LogP contribution in [0.1, 0.15) is 28.5 Å². The van der Waals surface area contributed by atoms with E-state index in [9.17, 15) is 27.5 Å². The molecular formula is C20H21F4N5O3. The van der Waals surface area contributed by atoms with Crippen molar-refractivity contribution >= 4 is 16.8 Å². The number of halogens is 4. The molecule has 0 aliphatic carbocycles. The largest absolute Gasteiger partial charge is 0.471 e. The van der Waals surface area contributed by atoms with Crippen LogP contribution in [0.2, 0.25) is 0 Å². The first-order valence-corrected chi connectivity index (χ1v) is 9.59. The number of pyridine rings is 2. The maximum absolute atomic E-state index is 13.0. The number of ether oxygens (including phenoxy) is 1. The predicted octanol–water partition coefficient (Wildman–Crippen LogP) is 2.57. The molecule has 3 rings (SSSR count). The minimum absolute atomic E-state index is 0.0770. The fourth-order valence-electron chi connectivity index (χ4n) is 2.85. The van der Waals surface area contributed by atoms with Crippen LogP contribution in [0.15, 0.2) is 30.7 Å². The number of hydrogen-bond donors (Lipinski definition) is 2. The van der Waals surface area contributed by atoms with E-state index in [0.717, 1.165) is 0 Å². The standard InChI is InChI=1S/C20H21F4N5O3/c1-11-5-13(7-27-18(11)32-10-20(23,24)19(21)22)8-29-9-14-15(28-29)3-4-25-16(14)17(31)26-6-12(2)30/h3-5,7,9,12,19,30H,6,8,10H2,1-2H3,(H,26,31)/t12-/m0/s1. The van der Waals surface area contributed by atoms with Gasteiger partial charge in [-0.15, -0.1) is 0 Å². The molecule has 0 radical (unpaired) electrons. The minimum Gasteiger partial charge on any atom is -0.471 e. The van der Waals surface area contributed by atoms with Crippen LogP contribution in [0.5, 0.6) is 5.88 Å². The number of alkyl halides is 4. The van der Waals surface area contributed by atoms with Gasteiger partial charge in [0, 0.05) is 30.7 Å². The van der Waals surface area contributed by atoms with Gasteiger partial charge < -0.3 is 15.2 Å². The Morgan fingerprint density at radius 2 is 2.09 bits per heavy atom. The summed E-state index contributed by atoms with van der Waals surface area (Å²) in [4.78, 5) is 20.4. The Kier molecular flexibility index (Phi) is 6.92. The third kappa shape index (κ3) is 5.49. The fraction of sp³-hybridized carbons (Fsp3) is 0.400. The number of nitrogens with zero attached hydrogens (tertiary/aromatic N) is 4. The summed E-state index contributed by atoms with van der Waals surface area (Å²) in [5, 5.41) is 16.8. The van der Waals surface area contributed by atoms with Crippen LogP contribution in [0.4, 0.5) is 17.6 Å². The highest BCUT2D eigenvalue weighted by Crippen LogP contribution is 2.25. The van der Waals surface area contributed by atoms with E-state index in [-0.39, 0.29) is 24.7 Å². The lowest BCUT2D eigenvalue weighted by atomic mass is 10.2. The summed E-state index contributed by atoms with van der Waals surface area (Å²) in [5.74, 6) is -4.88. The normalized spacial score (nSPS) is 12.9. The zero-order chi connectivity index (χ0) is 23.5. The van der Waals surface area contributed by atoms with Gasteiger partial charge in [0.05, 0.1) is 23.6 Å². The van der Waals surface area contributed by atoms with Gasteiger partial charge in [-0.3, -0.25) is 14.5 Å². The van der Waals surface area contributed by atoms with Gasteiger partial charge in [0.15, 0.2) is 6.61 Å². The second-order valence-electron chi connectivity index (χ2n) is 7.29. The molecule has 2 N–H and O–H groups in total. The number of aryl methyl sites for hydroxylation is 1. The summed E-state index contributed by atoms with van der Waals surface area (Å²) in [6.07, 6.45) is -0.0920. The van der Waals surface area contributed by atoms with E-state index in [1.165, 1.54) is 12.4 Å². The Morgan fingerprint density at radius 1 is 1.34 bits per heavy atom. The summed E-state index contributed by atoms with van der Waals surface area (Å²) in [6, 6.07) is 3.25. The monoisotopic (exact) mass is 455 g/mol. The number of aliphatic hydroxyl groups is 1. The van der Waals surface area contributed by atoms with Gasteiger partial charge in [-0.1, -0.05) is 0 Å². The number of aliphatic hydroxyl groups excluding tert-OH is 1. The van der Waals surface area contributed by atoms with Gasteiger partial charge in [-0.2, -0.15) is 13.9 Å². The second-order valence-corrected chi connectivity index (χ2v) is 7.29. The zero-order valence-electron chi connectivity index (χ0n) is 17.2. The molecule has 1 amide bonds. The molecule has 3 aromatic heterocycles. The molecule has 0 spiro atoms. The van der Waals surface area contributed by atoms with Gasteiger partial charge in [-0.05, 0) is 31.5 Å². The van der Waals surface area contributed by atoms with Gasteiger partial charge >= 0.3 is 12.3 Å². The van der Waals surface area contributed by atoms with Gasteiger partial charge in [0.2, 0.25) is 5.88 Å². The molecule has 3 aromatic rings. The van der Waals surface area contributed by atoms with Crippen molar-refractivity contribution in [2.75, 3.05) is 13.2 Å². The first-order chi connectivity index (χ1) is 15.1. The van der Waals surface area contributed by atoms with E-state index < -0.39 is 31.0 Å². The van der Waals surface area contributed by atoms with E-state index >= 15 is 0 Å². The van der Waals surface area contributed by atoms with E-state index in [1.807, 2.05) is 0 Å². The van der Waals surface area contributed by atoms with E-state index in [4.69, 9.17) is 4.74 Å². The van der Waals surface area contributed by atoms with Crippen molar-refractivity contribution < 1.29 is 32.2 Å². The zero-order valence-corrected chi connectivity index (χ0v) is 17.2.